The summed E-state index contributed by atoms with van der Waals surface area (Å²) in [7, 11) is 0. The van der Waals surface area contributed by atoms with Crippen LogP contribution < -0.4 is 27.0 Å². The molecule has 36 heavy (non-hydrogen) atoms. The molecular formula is C23H31N5O8. The molecule has 4 amide bonds. The molecule has 8 N–H and O–H groups in total. The first-order valence-corrected chi connectivity index (χ1v) is 11.5. The molecular weight excluding hydrogens is 474 g/mol. The molecule has 0 aromatic heterocycles. The Morgan fingerprint density at radius 3 is 2.14 bits per heavy atom. The molecule has 13 heteroatoms. The van der Waals surface area contributed by atoms with Crippen LogP contribution in [0.3, 0.4) is 0 Å². The molecule has 13 nitrogen and oxygen atoms in total. The summed E-state index contributed by atoms with van der Waals surface area (Å²) in [6.45, 7) is 0.638. The minimum absolute atomic E-state index is 0.0366. The van der Waals surface area contributed by atoms with Gasteiger partial charge in [-0.1, -0.05) is 30.3 Å². The summed E-state index contributed by atoms with van der Waals surface area (Å²) in [6, 6.07) is 3.90. The molecule has 1 aliphatic rings. The number of aliphatic carboxylic acids is 2. The third-order valence-corrected chi connectivity index (χ3v) is 5.59. The van der Waals surface area contributed by atoms with Crippen LogP contribution in [0, 0.1) is 0 Å². The van der Waals surface area contributed by atoms with Crippen molar-refractivity contribution in [2.45, 2.75) is 62.7 Å². The Bertz CT molecular complexity index is 965. The standard InChI is InChI=1S/C23H31N5O8/c24-18(29)12-17(23(35)36)28-22(34)16(11-13-5-2-1-3-6-13)27-21(33)15(8-9-19(30)31)26-20(32)14-7-4-10-25-14/h1-3,5-6,14-17,25H,4,7-12H2,(H2,24,29)(H,26,32)(H,27,33)(H,28,34)(H,30,31)(H,35,36). The van der Waals surface area contributed by atoms with Crippen molar-refractivity contribution in [3.63, 3.8) is 0 Å². The maximum atomic E-state index is 13.1. The fourth-order valence-electron chi connectivity index (χ4n) is 3.72. The second-order valence-electron chi connectivity index (χ2n) is 8.46. The second-order valence-corrected chi connectivity index (χ2v) is 8.46. The monoisotopic (exact) mass is 505 g/mol. The average Bonchev–Trinajstić information content (AvgIpc) is 3.36. The molecule has 196 valence electrons. The van der Waals surface area contributed by atoms with Gasteiger partial charge in [0.25, 0.3) is 0 Å². The van der Waals surface area contributed by atoms with Crippen LogP contribution >= 0.6 is 0 Å². The van der Waals surface area contributed by atoms with E-state index in [4.69, 9.17) is 10.8 Å². The maximum absolute atomic E-state index is 13.1. The fraction of sp³-hybridized carbons (Fsp3) is 0.478. The van der Waals surface area contributed by atoms with Gasteiger partial charge in [0.1, 0.15) is 18.1 Å². The lowest BCUT2D eigenvalue weighted by molar-refractivity contribution is -0.143. The van der Waals surface area contributed by atoms with E-state index in [-0.39, 0.29) is 12.8 Å². The van der Waals surface area contributed by atoms with Crippen LogP contribution in [-0.2, 0) is 35.2 Å². The predicted octanol–water partition coefficient (Wildman–Crippen LogP) is -1.74. The van der Waals surface area contributed by atoms with Gasteiger partial charge in [-0.25, -0.2) is 4.79 Å². The van der Waals surface area contributed by atoms with Gasteiger partial charge in [-0.3, -0.25) is 24.0 Å². The number of hydrogen-bond acceptors (Lipinski definition) is 7. The lowest BCUT2D eigenvalue weighted by Crippen LogP contribution is -2.57. The molecule has 0 radical (unpaired) electrons. The number of amides is 4. The van der Waals surface area contributed by atoms with E-state index in [0.29, 0.717) is 18.5 Å². The quantitative estimate of drug-likeness (QED) is 0.152. The van der Waals surface area contributed by atoms with Gasteiger partial charge < -0.3 is 37.2 Å². The summed E-state index contributed by atoms with van der Waals surface area (Å²) in [6.07, 6.45) is 0.0162. The van der Waals surface area contributed by atoms with Crippen molar-refractivity contribution in [3.05, 3.63) is 35.9 Å². The number of carboxylic acids is 2. The first kappa shape index (κ1) is 28.2. The van der Waals surface area contributed by atoms with Crippen molar-refractivity contribution >= 4 is 35.6 Å². The van der Waals surface area contributed by atoms with Crippen molar-refractivity contribution in [2.24, 2.45) is 5.73 Å². The van der Waals surface area contributed by atoms with Crippen LogP contribution in [0.25, 0.3) is 0 Å². The Hall–Kier alpha value is -4.00. The average molecular weight is 506 g/mol. The highest BCUT2D eigenvalue weighted by molar-refractivity contribution is 5.95. The number of carbonyl (C=O) groups is 6. The molecule has 1 aromatic carbocycles. The Kier molecular flexibility index (Phi) is 10.8. The summed E-state index contributed by atoms with van der Waals surface area (Å²) < 4.78 is 0. The van der Waals surface area contributed by atoms with Gasteiger partial charge >= 0.3 is 11.9 Å². The van der Waals surface area contributed by atoms with E-state index in [2.05, 4.69) is 21.3 Å². The smallest absolute Gasteiger partial charge is 0.326 e. The summed E-state index contributed by atoms with van der Waals surface area (Å²) in [4.78, 5) is 72.4. The van der Waals surface area contributed by atoms with Crippen LogP contribution in [0.5, 0.6) is 0 Å². The maximum Gasteiger partial charge on any atom is 0.326 e. The molecule has 0 saturated carbocycles. The van der Waals surface area contributed by atoms with Crippen molar-refractivity contribution in [1.82, 2.24) is 21.3 Å². The van der Waals surface area contributed by atoms with E-state index in [1.165, 1.54) is 0 Å². The Morgan fingerprint density at radius 2 is 1.58 bits per heavy atom. The number of benzene rings is 1. The van der Waals surface area contributed by atoms with Gasteiger partial charge in [-0.15, -0.1) is 0 Å². The highest BCUT2D eigenvalue weighted by Gasteiger charge is 2.32. The van der Waals surface area contributed by atoms with Crippen LogP contribution in [-0.4, -0.2) is 76.5 Å². The van der Waals surface area contributed by atoms with E-state index < -0.39 is 72.6 Å². The predicted molar refractivity (Wildman–Crippen MR) is 125 cm³/mol. The molecule has 0 spiro atoms. The van der Waals surface area contributed by atoms with E-state index in [9.17, 15) is 33.9 Å². The van der Waals surface area contributed by atoms with Gasteiger partial charge in [0.15, 0.2) is 0 Å². The Balaban J connectivity index is 2.21. The minimum atomic E-state index is -1.61. The lowest BCUT2D eigenvalue weighted by atomic mass is 10.0. The highest BCUT2D eigenvalue weighted by atomic mass is 16.4. The van der Waals surface area contributed by atoms with Crippen LogP contribution in [0.2, 0.25) is 0 Å². The van der Waals surface area contributed by atoms with E-state index in [0.717, 1.165) is 6.42 Å². The number of hydrogen-bond donors (Lipinski definition) is 7. The number of carbonyl (C=O) groups excluding carboxylic acids is 4. The van der Waals surface area contributed by atoms with E-state index in [1.54, 1.807) is 30.3 Å². The number of carboxylic acid groups (broad SMARTS) is 2. The summed E-state index contributed by atoms with van der Waals surface area (Å²) in [5.41, 5.74) is 5.71. The number of rotatable bonds is 14. The third kappa shape index (κ3) is 9.33. The van der Waals surface area contributed by atoms with E-state index >= 15 is 0 Å². The number of nitrogens with one attached hydrogen (secondary N) is 4. The molecule has 1 saturated heterocycles. The minimum Gasteiger partial charge on any atom is -0.481 e. The molecule has 0 bridgehead atoms. The SMILES string of the molecule is NC(=O)CC(NC(=O)C(Cc1ccccc1)NC(=O)C(CCC(=O)O)NC(=O)C1CCCN1)C(=O)O. The fourth-order valence-corrected chi connectivity index (χ4v) is 3.72. The summed E-state index contributed by atoms with van der Waals surface area (Å²) >= 11 is 0. The first-order valence-electron chi connectivity index (χ1n) is 11.5. The van der Waals surface area contributed by atoms with Crippen molar-refractivity contribution in [2.75, 3.05) is 6.54 Å². The van der Waals surface area contributed by atoms with Crippen LogP contribution in [0.4, 0.5) is 0 Å². The zero-order chi connectivity index (χ0) is 26.7. The Morgan fingerprint density at radius 1 is 0.944 bits per heavy atom. The van der Waals surface area contributed by atoms with Gasteiger partial charge in [0.05, 0.1) is 12.5 Å². The lowest BCUT2D eigenvalue weighted by Gasteiger charge is -2.25. The van der Waals surface area contributed by atoms with Crippen LogP contribution in [0.15, 0.2) is 30.3 Å². The number of primary amides is 1. The molecule has 1 fully saturated rings. The summed E-state index contributed by atoms with van der Waals surface area (Å²) in [5.74, 6) is -5.75. The van der Waals surface area contributed by atoms with E-state index in [1.807, 2.05) is 0 Å². The second kappa shape index (κ2) is 13.8. The van der Waals surface area contributed by atoms with Gasteiger partial charge in [0, 0.05) is 12.8 Å². The van der Waals surface area contributed by atoms with Crippen molar-refractivity contribution in [3.8, 4) is 0 Å². The Labute approximate surface area is 207 Å². The van der Waals surface area contributed by atoms with Gasteiger partial charge in [-0.2, -0.15) is 0 Å². The molecule has 1 aromatic rings. The largest absolute Gasteiger partial charge is 0.481 e. The van der Waals surface area contributed by atoms with Gasteiger partial charge in [-0.05, 0) is 31.4 Å². The third-order valence-electron chi connectivity index (χ3n) is 5.59. The highest BCUT2D eigenvalue weighted by Crippen LogP contribution is 2.09. The zero-order valence-electron chi connectivity index (χ0n) is 19.6. The van der Waals surface area contributed by atoms with Crippen molar-refractivity contribution < 1.29 is 39.0 Å². The topological polar surface area (TPSA) is 217 Å². The van der Waals surface area contributed by atoms with Gasteiger partial charge in [0.2, 0.25) is 23.6 Å². The molecule has 0 aliphatic carbocycles. The van der Waals surface area contributed by atoms with Crippen molar-refractivity contribution in [1.29, 1.82) is 0 Å². The molecule has 2 rings (SSSR count). The molecule has 1 heterocycles. The zero-order valence-corrected chi connectivity index (χ0v) is 19.6. The van der Waals surface area contributed by atoms with Crippen LogP contribution in [0.1, 0.15) is 37.7 Å². The summed E-state index contributed by atoms with van der Waals surface area (Å²) in [5, 5.41) is 28.6. The first-order chi connectivity index (χ1) is 17.1. The number of nitrogens with two attached hydrogens (primary N) is 1. The molecule has 4 unspecified atom stereocenters. The molecule has 4 atom stereocenters. The normalized spacial score (nSPS) is 17.3. The molecule has 1 aliphatic heterocycles.